The van der Waals surface area contributed by atoms with E-state index >= 15 is 0 Å². The molecular formula is C8H9O3P. The molecule has 2 rings (SSSR count). The first kappa shape index (κ1) is 7.99. The Bertz CT molecular complexity index is 277. The standard InChI is InChI=1S/C8H9O3P/c1-9-12-10-6-7-4-2-3-5-8(7)11-12/h2-5H,6H2,1H3. The lowest BCUT2D eigenvalue weighted by Gasteiger charge is -2.22. The molecule has 1 heterocycles. The number of fused-ring (bicyclic) bond motifs is 1. The minimum absolute atomic E-state index is 0.579. The van der Waals surface area contributed by atoms with Crippen LogP contribution < -0.4 is 4.52 Å². The predicted octanol–water partition coefficient (Wildman–Crippen LogP) is 2.47. The zero-order valence-electron chi connectivity index (χ0n) is 6.69. The molecule has 1 aliphatic heterocycles. The highest BCUT2D eigenvalue weighted by atomic mass is 31.2. The largest absolute Gasteiger partial charge is 0.426 e. The normalized spacial score (nSPS) is 21.2. The minimum atomic E-state index is -1.16. The molecule has 1 aliphatic rings. The first-order valence-corrected chi connectivity index (χ1v) is 4.73. The van der Waals surface area contributed by atoms with E-state index in [0.717, 1.165) is 11.3 Å². The van der Waals surface area contributed by atoms with Gasteiger partial charge in [0.25, 0.3) is 0 Å². The van der Waals surface area contributed by atoms with Gasteiger partial charge in [-0.05, 0) is 6.07 Å². The van der Waals surface area contributed by atoms with Gasteiger partial charge in [0.05, 0.1) is 6.61 Å². The molecule has 0 spiro atoms. The monoisotopic (exact) mass is 184 g/mol. The van der Waals surface area contributed by atoms with Gasteiger partial charge in [-0.25, -0.2) is 0 Å². The first-order valence-electron chi connectivity index (χ1n) is 3.63. The van der Waals surface area contributed by atoms with Crippen LogP contribution in [0.4, 0.5) is 0 Å². The SMILES string of the molecule is COP1OCc2ccccc2O1. The summed E-state index contributed by atoms with van der Waals surface area (Å²) >= 11 is 0. The molecule has 64 valence electrons. The van der Waals surface area contributed by atoms with E-state index in [9.17, 15) is 0 Å². The molecule has 0 bridgehead atoms. The summed E-state index contributed by atoms with van der Waals surface area (Å²) < 4.78 is 15.6. The summed E-state index contributed by atoms with van der Waals surface area (Å²) in [5.74, 6) is 0.872. The van der Waals surface area contributed by atoms with Crippen molar-refractivity contribution in [1.29, 1.82) is 0 Å². The molecule has 12 heavy (non-hydrogen) atoms. The highest BCUT2D eigenvalue weighted by molar-refractivity contribution is 7.42. The van der Waals surface area contributed by atoms with Gasteiger partial charge in [0, 0.05) is 12.7 Å². The molecule has 0 N–H and O–H groups in total. The van der Waals surface area contributed by atoms with Crippen molar-refractivity contribution in [1.82, 2.24) is 0 Å². The van der Waals surface area contributed by atoms with E-state index in [4.69, 9.17) is 13.6 Å². The molecule has 0 fully saturated rings. The van der Waals surface area contributed by atoms with Crippen molar-refractivity contribution in [2.75, 3.05) is 7.11 Å². The highest BCUT2D eigenvalue weighted by Crippen LogP contribution is 2.46. The zero-order chi connectivity index (χ0) is 8.39. The number of rotatable bonds is 1. The quantitative estimate of drug-likeness (QED) is 0.627. The van der Waals surface area contributed by atoms with Crippen LogP contribution in [0.2, 0.25) is 0 Å². The van der Waals surface area contributed by atoms with Gasteiger partial charge in [0.15, 0.2) is 0 Å². The highest BCUT2D eigenvalue weighted by Gasteiger charge is 2.20. The van der Waals surface area contributed by atoms with Crippen molar-refractivity contribution < 1.29 is 13.6 Å². The molecule has 0 aliphatic carbocycles. The maximum Gasteiger partial charge on any atom is 0.397 e. The van der Waals surface area contributed by atoms with Crippen molar-refractivity contribution in [3.05, 3.63) is 29.8 Å². The number of hydrogen-bond acceptors (Lipinski definition) is 3. The molecule has 0 amide bonds. The summed E-state index contributed by atoms with van der Waals surface area (Å²) in [6.45, 7) is 0.579. The minimum Gasteiger partial charge on any atom is -0.426 e. The topological polar surface area (TPSA) is 27.7 Å². The summed E-state index contributed by atoms with van der Waals surface area (Å²) in [5.41, 5.74) is 1.08. The van der Waals surface area contributed by atoms with E-state index in [2.05, 4.69) is 0 Å². The Hall–Kier alpha value is -0.630. The first-order chi connectivity index (χ1) is 5.90. The Morgan fingerprint density at radius 1 is 1.42 bits per heavy atom. The second-order valence-electron chi connectivity index (χ2n) is 2.38. The van der Waals surface area contributed by atoms with Gasteiger partial charge in [-0.15, -0.1) is 0 Å². The van der Waals surface area contributed by atoms with E-state index in [0.29, 0.717) is 6.61 Å². The van der Waals surface area contributed by atoms with E-state index in [1.165, 1.54) is 0 Å². The van der Waals surface area contributed by atoms with Crippen LogP contribution in [0.15, 0.2) is 24.3 Å². The third kappa shape index (κ3) is 1.44. The molecule has 1 aromatic carbocycles. The number of benzene rings is 1. The zero-order valence-corrected chi connectivity index (χ0v) is 7.58. The Morgan fingerprint density at radius 2 is 2.25 bits per heavy atom. The Kier molecular flexibility index (Phi) is 2.26. The van der Waals surface area contributed by atoms with Crippen molar-refractivity contribution in [2.45, 2.75) is 6.61 Å². The predicted molar refractivity (Wildman–Crippen MR) is 45.8 cm³/mol. The molecule has 1 unspecified atom stereocenters. The third-order valence-corrected chi connectivity index (χ3v) is 2.60. The van der Waals surface area contributed by atoms with Crippen molar-refractivity contribution >= 4 is 8.60 Å². The van der Waals surface area contributed by atoms with Gasteiger partial charge < -0.3 is 9.05 Å². The lowest BCUT2D eigenvalue weighted by atomic mass is 10.2. The van der Waals surface area contributed by atoms with E-state index in [1.54, 1.807) is 7.11 Å². The average molecular weight is 184 g/mol. The van der Waals surface area contributed by atoms with Crippen LogP contribution in [0.1, 0.15) is 5.56 Å². The Labute approximate surface area is 72.3 Å². The molecular weight excluding hydrogens is 175 g/mol. The van der Waals surface area contributed by atoms with E-state index < -0.39 is 8.60 Å². The third-order valence-electron chi connectivity index (χ3n) is 1.62. The van der Waals surface area contributed by atoms with Crippen LogP contribution in [-0.4, -0.2) is 7.11 Å². The second-order valence-corrected chi connectivity index (χ2v) is 3.63. The second kappa shape index (κ2) is 3.40. The van der Waals surface area contributed by atoms with Crippen LogP contribution in [0.3, 0.4) is 0 Å². The maximum absolute atomic E-state index is 5.40. The fraction of sp³-hybridized carbons (Fsp3) is 0.250. The van der Waals surface area contributed by atoms with Gasteiger partial charge in [-0.3, -0.25) is 4.52 Å². The summed E-state index contributed by atoms with van der Waals surface area (Å²) in [4.78, 5) is 0. The van der Waals surface area contributed by atoms with Crippen molar-refractivity contribution in [3.63, 3.8) is 0 Å². The van der Waals surface area contributed by atoms with E-state index in [-0.39, 0.29) is 0 Å². The van der Waals surface area contributed by atoms with Crippen LogP contribution in [-0.2, 0) is 15.7 Å². The molecule has 0 saturated heterocycles. The van der Waals surface area contributed by atoms with E-state index in [1.807, 2.05) is 24.3 Å². The summed E-state index contributed by atoms with van der Waals surface area (Å²) in [5, 5.41) is 0. The van der Waals surface area contributed by atoms with Gasteiger partial charge >= 0.3 is 8.60 Å². The summed E-state index contributed by atoms with van der Waals surface area (Å²) in [7, 11) is 0.427. The lowest BCUT2D eigenvalue weighted by molar-refractivity contribution is 0.206. The molecule has 0 radical (unpaired) electrons. The molecule has 0 saturated carbocycles. The van der Waals surface area contributed by atoms with Crippen LogP contribution >= 0.6 is 8.60 Å². The van der Waals surface area contributed by atoms with Crippen LogP contribution in [0, 0.1) is 0 Å². The maximum atomic E-state index is 5.40. The van der Waals surface area contributed by atoms with Crippen LogP contribution in [0.25, 0.3) is 0 Å². The molecule has 4 heteroatoms. The Balaban J connectivity index is 2.23. The van der Waals surface area contributed by atoms with Gasteiger partial charge in [-0.2, -0.15) is 0 Å². The number of para-hydroxylation sites is 1. The average Bonchev–Trinajstić information content (AvgIpc) is 2.17. The number of hydrogen-bond donors (Lipinski definition) is 0. The smallest absolute Gasteiger partial charge is 0.397 e. The molecule has 1 atom stereocenters. The van der Waals surface area contributed by atoms with Crippen molar-refractivity contribution in [3.8, 4) is 5.75 Å². The molecule has 1 aromatic rings. The molecule has 3 nitrogen and oxygen atoms in total. The summed E-state index contributed by atoms with van der Waals surface area (Å²) in [6.07, 6.45) is 0. The van der Waals surface area contributed by atoms with Crippen LogP contribution in [0.5, 0.6) is 5.75 Å². The van der Waals surface area contributed by atoms with Gasteiger partial charge in [-0.1, -0.05) is 18.2 Å². The fourth-order valence-corrected chi connectivity index (χ4v) is 1.85. The fourth-order valence-electron chi connectivity index (χ4n) is 1.03. The van der Waals surface area contributed by atoms with Gasteiger partial charge in [0.2, 0.25) is 0 Å². The Morgan fingerprint density at radius 3 is 3.08 bits per heavy atom. The van der Waals surface area contributed by atoms with Gasteiger partial charge in [0.1, 0.15) is 5.75 Å². The van der Waals surface area contributed by atoms with Crippen molar-refractivity contribution in [2.24, 2.45) is 0 Å². The summed E-state index contributed by atoms with van der Waals surface area (Å²) in [6, 6.07) is 7.81. The molecule has 0 aromatic heterocycles. The lowest BCUT2D eigenvalue weighted by Crippen LogP contribution is -2.04.